The van der Waals surface area contributed by atoms with Gasteiger partial charge in [-0.1, -0.05) is 19.9 Å². The van der Waals surface area contributed by atoms with Crippen molar-refractivity contribution in [3.05, 3.63) is 30.1 Å². The van der Waals surface area contributed by atoms with Crippen molar-refractivity contribution in [2.45, 2.75) is 44.7 Å². The van der Waals surface area contributed by atoms with Crippen LogP contribution in [-0.2, 0) is 6.42 Å². The van der Waals surface area contributed by atoms with E-state index in [4.69, 9.17) is 4.99 Å². The van der Waals surface area contributed by atoms with Gasteiger partial charge >= 0.3 is 6.03 Å². The Labute approximate surface area is 161 Å². The molecule has 0 radical (unpaired) electrons. The van der Waals surface area contributed by atoms with Crippen LogP contribution in [-0.4, -0.2) is 64.9 Å². The van der Waals surface area contributed by atoms with E-state index in [0.29, 0.717) is 18.9 Å². The van der Waals surface area contributed by atoms with Crippen molar-refractivity contribution < 1.29 is 4.79 Å². The van der Waals surface area contributed by atoms with Gasteiger partial charge in [0.05, 0.1) is 18.7 Å². The smallest absolute Gasteiger partial charge is 0.320 e. The van der Waals surface area contributed by atoms with E-state index in [1.54, 1.807) is 17.3 Å². The summed E-state index contributed by atoms with van der Waals surface area (Å²) >= 11 is 0. The van der Waals surface area contributed by atoms with E-state index in [-0.39, 0.29) is 12.1 Å². The number of amides is 2. The van der Waals surface area contributed by atoms with Gasteiger partial charge in [0.25, 0.3) is 0 Å². The number of hydrogen-bond acceptors (Lipinski definition) is 5. The summed E-state index contributed by atoms with van der Waals surface area (Å²) in [6, 6.07) is 6.19. The topological polar surface area (TPSA) is 84.6 Å². The largest absolute Gasteiger partial charge is 0.352 e. The van der Waals surface area contributed by atoms with Crippen LogP contribution in [0.1, 0.15) is 32.3 Å². The van der Waals surface area contributed by atoms with Gasteiger partial charge in [-0.2, -0.15) is 5.26 Å². The summed E-state index contributed by atoms with van der Waals surface area (Å²) in [4.78, 5) is 25.2. The lowest BCUT2D eigenvalue weighted by Gasteiger charge is -2.39. The maximum atomic E-state index is 12.7. The SMILES string of the molecule is CC(C)CC(C1=NCC(C#N)(Cc2cccnc2)N1)N1CCCN(C)C1=O. The third-order valence-corrected chi connectivity index (χ3v) is 5.18. The summed E-state index contributed by atoms with van der Waals surface area (Å²) in [5.41, 5.74) is 0.218. The average molecular weight is 368 g/mol. The molecule has 0 saturated carbocycles. The molecule has 2 atom stereocenters. The number of amidine groups is 1. The first-order valence-corrected chi connectivity index (χ1v) is 9.58. The van der Waals surface area contributed by atoms with Crippen LogP contribution in [0.5, 0.6) is 0 Å². The highest BCUT2D eigenvalue weighted by Crippen LogP contribution is 2.24. The third-order valence-electron chi connectivity index (χ3n) is 5.18. The molecule has 1 N–H and O–H groups in total. The number of aliphatic imine (C=N–C) groups is 1. The molecule has 1 saturated heterocycles. The molecule has 3 heterocycles. The molecular formula is C20H28N6O. The molecule has 0 aliphatic carbocycles. The van der Waals surface area contributed by atoms with Gasteiger partial charge in [0.1, 0.15) is 11.4 Å². The maximum Gasteiger partial charge on any atom is 0.320 e. The summed E-state index contributed by atoms with van der Waals surface area (Å²) in [5.74, 6) is 1.17. The van der Waals surface area contributed by atoms with Gasteiger partial charge in [0.15, 0.2) is 0 Å². The number of carbonyl (C=O) groups is 1. The van der Waals surface area contributed by atoms with Gasteiger partial charge in [-0.25, -0.2) is 4.79 Å². The zero-order chi connectivity index (χ0) is 19.4. The maximum absolute atomic E-state index is 12.7. The zero-order valence-corrected chi connectivity index (χ0v) is 16.4. The molecule has 3 rings (SSSR count). The van der Waals surface area contributed by atoms with E-state index in [2.05, 4.69) is 30.2 Å². The van der Waals surface area contributed by atoms with Crippen molar-refractivity contribution in [1.29, 1.82) is 5.26 Å². The van der Waals surface area contributed by atoms with E-state index in [1.165, 1.54) is 0 Å². The second kappa shape index (κ2) is 7.95. The number of carbonyl (C=O) groups excluding carboxylic acids is 1. The standard InChI is InChI=1S/C20H28N6O/c1-15(2)10-17(26-9-5-8-25(3)19(26)27)18-23-14-20(13-21,24-18)11-16-6-4-7-22-12-16/h4,6-7,12,15,17H,5,8-11,14H2,1-3H3,(H,23,24). The van der Waals surface area contributed by atoms with Crippen LogP contribution in [0.15, 0.2) is 29.5 Å². The Morgan fingerprint density at radius 2 is 2.22 bits per heavy atom. The van der Waals surface area contributed by atoms with Gasteiger partial charge < -0.3 is 15.1 Å². The summed E-state index contributed by atoms with van der Waals surface area (Å²) in [6.45, 7) is 6.19. The Kier molecular flexibility index (Phi) is 5.64. The normalized spacial score (nSPS) is 23.8. The van der Waals surface area contributed by atoms with Gasteiger partial charge in [0.2, 0.25) is 0 Å². The number of nitrogens with one attached hydrogen (secondary N) is 1. The van der Waals surface area contributed by atoms with E-state index in [0.717, 1.165) is 37.3 Å². The van der Waals surface area contributed by atoms with Crippen LogP contribution < -0.4 is 5.32 Å². The lowest BCUT2D eigenvalue weighted by molar-refractivity contribution is 0.126. The lowest BCUT2D eigenvalue weighted by atomic mass is 9.93. The molecule has 7 nitrogen and oxygen atoms in total. The number of aromatic nitrogens is 1. The molecule has 27 heavy (non-hydrogen) atoms. The van der Waals surface area contributed by atoms with Crippen molar-refractivity contribution in [1.82, 2.24) is 20.1 Å². The van der Waals surface area contributed by atoms with Gasteiger partial charge in [-0.05, 0) is 30.4 Å². The Balaban J connectivity index is 1.80. The van der Waals surface area contributed by atoms with Crippen LogP contribution >= 0.6 is 0 Å². The molecular weight excluding hydrogens is 340 g/mol. The van der Waals surface area contributed by atoms with Crippen LogP contribution in [0.25, 0.3) is 0 Å². The number of rotatable bonds is 6. The van der Waals surface area contributed by atoms with Crippen LogP contribution in [0.3, 0.4) is 0 Å². The molecule has 2 aliphatic heterocycles. The number of hydrogen-bond donors (Lipinski definition) is 1. The Morgan fingerprint density at radius 3 is 2.89 bits per heavy atom. The lowest BCUT2D eigenvalue weighted by Crippen LogP contribution is -2.58. The Morgan fingerprint density at radius 1 is 1.41 bits per heavy atom. The third kappa shape index (κ3) is 4.21. The van der Waals surface area contributed by atoms with E-state index in [1.807, 2.05) is 24.1 Å². The highest BCUT2D eigenvalue weighted by molar-refractivity contribution is 5.93. The Hall–Kier alpha value is -2.62. The number of nitriles is 1. The van der Waals surface area contributed by atoms with Crippen molar-refractivity contribution in [3.8, 4) is 6.07 Å². The Bertz CT molecular complexity index is 741. The predicted octanol–water partition coefficient (Wildman–Crippen LogP) is 2.06. The second-order valence-electron chi connectivity index (χ2n) is 7.95. The molecule has 0 bridgehead atoms. The number of pyridine rings is 1. The van der Waals surface area contributed by atoms with Crippen LogP contribution in [0, 0.1) is 17.2 Å². The molecule has 0 aromatic carbocycles. The molecule has 2 amide bonds. The van der Waals surface area contributed by atoms with Crippen molar-refractivity contribution in [2.24, 2.45) is 10.9 Å². The van der Waals surface area contributed by atoms with Crippen molar-refractivity contribution in [3.63, 3.8) is 0 Å². The first-order chi connectivity index (χ1) is 12.9. The fourth-order valence-electron chi connectivity index (χ4n) is 3.80. The molecule has 2 unspecified atom stereocenters. The summed E-state index contributed by atoms with van der Waals surface area (Å²) in [6.07, 6.45) is 5.81. The molecule has 1 fully saturated rings. The van der Waals surface area contributed by atoms with E-state index >= 15 is 0 Å². The number of nitrogens with zero attached hydrogens (tertiary/aromatic N) is 5. The molecule has 0 spiro atoms. The van der Waals surface area contributed by atoms with Crippen molar-refractivity contribution in [2.75, 3.05) is 26.7 Å². The average Bonchev–Trinajstić information content (AvgIpc) is 3.07. The van der Waals surface area contributed by atoms with Crippen LogP contribution in [0.2, 0.25) is 0 Å². The van der Waals surface area contributed by atoms with Crippen LogP contribution in [0.4, 0.5) is 4.79 Å². The summed E-state index contributed by atoms with van der Waals surface area (Å²) < 4.78 is 0. The van der Waals surface area contributed by atoms with Gasteiger partial charge in [-0.3, -0.25) is 9.98 Å². The van der Waals surface area contributed by atoms with E-state index in [9.17, 15) is 10.1 Å². The molecule has 2 aliphatic rings. The first-order valence-electron chi connectivity index (χ1n) is 9.58. The van der Waals surface area contributed by atoms with Gasteiger partial charge in [-0.15, -0.1) is 0 Å². The van der Waals surface area contributed by atoms with E-state index < -0.39 is 5.54 Å². The molecule has 1 aromatic rings. The molecule has 7 heteroatoms. The molecule has 144 valence electrons. The summed E-state index contributed by atoms with van der Waals surface area (Å²) in [7, 11) is 1.84. The zero-order valence-electron chi connectivity index (χ0n) is 16.4. The minimum atomic E-state index is -0.779. The minimum absolute atomic E-state index is 0.0399. The van der Waals surface area contributed by atoms with Gasteiger partial charge in [0, 0.05) is 39.0 Å². The second-order valence-corrected chi connectivity index (χ2v) is 7.95. The summed E-state index contributed by atoms with van der Waals surface area (Å²) in [5, 5.41) is 13.3. The predicted molar refractivity (Wildman–Crippen MR) is 104 cm³/mol. The van der Waals surface area contributed by atoms with Crippen molar-refractivity contribution >= 4 is 11.9 Å². The monoisotopic (exact) mass is 368 g/mol. The quantitative estimate of drug-likeness (QED) is 0.833. The first kappa shape index (κ1) is 19.2. The highest BCUT2D eigenvalue weighted by atomic mass is 16.2. The fraction of sp³-hybridized carbons (Fsp3) is 0.600. The highest BCUT2D eigenvalue weighted by Gasteiger charge is 2.41. The number of urea groups is 1. The molecule has 1 aromatic heterocycles. The fourth-order valence-corrected chi connectivity index (χ4v) is 3.80. The minimum Gasteiger partial charge on any atom is -0.352 e.